The largest absolute Gasteiger partial charge is 0.788 e. The SMILES string of the molecule is CCCCC=[CH][Sn+3].CCCCCCCCC=C[S-].CCCCCCCCC=C[S-].CCCCCCCCC=C[S-]. The zero-order valence-electron chi connectivity index (χ0n) is 27.3. The molecule has 40 heavy (non-hydrogen) atoms. The first kappa shape index (κ1) is 47.4. The quantitative estimate of drug-likeness (QED) is 0.0555. The van der Waals surface area contributed by atoms with Crippen molar-refractivity contribution in [1.82, 2.24) is 0 Å². The third kappa shape index (κ3) is 66.6. The molecule has 0 aliphatic heterocycles. The Morgan fingerprint density at radius 1 is 0.350 bits per heavy atom. The minimum Gasteiger partial charge on any atom is -0.788 e. The van der Waals surface area contributed by atoms with Crippen LogP contribution in [0.15, 0.2) is 44.6 Å². The van der Waals surface area contributed by atoms with E-state index in [0.29, 0.717) is 0 Å². The number of allylic oxidation sites excluding steroid dienone is 4. The second-order valence-corrected chi connectivity index (χ2v) is 12.1. The normalized spacial score (nSPS) is 10.9. The number of hydrogen-bond acceptors (Lipinski definition) is 3. The van der Waals surface area contributed by atoms with Gasteiger partial charge in [0.15, 0.2) is 0 Å². The molecule has 0 radical (unpaired) electrons. The third-order valence-corrected chi connectivity index (χ3v) is 7.55. The van der Waals surface area contributed by atoms with Gasteiger partial charge in [0.05, 0.1) is 0 Å². The fourth-order valence-corrected chi connectivity index (χ4v) is 4.62. The Hall–Kier alpha value is 0.419. The molecule has 0 saturated heterocycles. The van der Waals surface area contributed by atoms with Crippen LogP contribution in [0.4, 0.5) is 0 Å². The maximum Gasteiger partial charge on any atom is -0.0368 e. The molecule has 0 fully saturated rings. The minimum atomic E-state index is 1.18. The topological polar surface area (TPSA) is 0 Å². The van der Waals surface area contributed by atoms with Crippen molar-refractivity contribution in [3.8, 4) is 0 Å². The van der Waals surface area contributed by atoms with Crippen LogP contribution < -0.4 is 0 Å². The summed E-state index contributed by atoms with van der Waals surface area (Å²) in [5.41, 5.74) is 0. The first-order chi connectivity index (χ1) is 19.7. The number of rotatable bonds is 24. The molecule has 0 aromatic rings. The first-order valence-corrected chi connectivity index (χ1v) is 19.9. The summed E-state index contributed by atoms with van der Waals surface area (Å²) in [6.07, 6.45) is 40.7. The van der Waals surface area contributed by atoms with Gasteiger partial charge in [-0.1, -0.05) is 117 Å². The Balaban J connectivity index is -0.000000219. The Morgan fingerprint density at radius 2 is 0.600 bits per heavy atom. The summed E-state index contributed by atoms with van der Waals surface area (Å²) in [6, 6.07) is 0. The number of unbranched alkanes of at least 4 members (excludes halogenated alkanes) is 20. The average molecular weight is 716 g/mol. The van der Waals surface area contributed by atoms with Crippen molar-refractivity contribution < 1.29 is 0 Å². The van der Waals surface area contributed by atoms with Crippen molar-refractivity contribution in [2.75, 3.05) is 0 Å². The minimum absolute atomic E-state index is 1.18. The van der Waals surface area contributed by atoms with Gasteiger partial charge in [-0.3, -0.25) is 0 Å². The van der Waals surface area contributed by atoms with Gasteiger partial charge in [-0.05, 0) is 38.5 Å². The van der Waals surface area contributed by atoms with Crippen LogP contribution in [-0.4, -0.2) is 22.5 Å². The fraction of sp³-hybridized carbons (Fsp3) is 0.778. The third-order valence-electron chi connectivity index (χ3n) is 6.30. The molecular formula is C36H68S3Sn. The molecule has 0 N–H and O–H groups in total. The molecule has 0 heterocycles. The molecule has 0 aliphatic carbocycles. The van der Waals surface area contributed by atoms with Crippen LogP contribution in [0.5, 0.6) is 0 Å². The van der Waals surface area contributed by atoms with Crippen molar-refractivity contribution in [2.24, 2.45) is 0 Å². The fourth-order valence-electron chi connectivity index (χ4n) is 3.74. The summed E-state index contributed by atoms with van der Waals surface area (Å²) in [6.45, 7) is 8.97. The monoisotopic (exact) mass is 716 g/mol. The molecule has 0 spiro atoms. The molecular weight excluding hydrogens is 647 g/mol. The van der Waals surface area contributed by atoms with Crippen LogP contribution in [0.3, 0.4) is 0 Å². The Kier molecular flexibility index (Phi) is 65.5. The predicted octanol–water partition coefficient (Wildman–Crippen LogP) is 13.3. The summed E-state index contributed by atoms with van der Waals surface area (Å²) in [7, 11) is 0. The van der Waals surface area contributed by atoms with Crippen LogP contribution in [0, 0.1) is 0 Å². The molecule has 234 valence electrons. The van der Waals surface area contributed by atoms with E-state index in [9.17, 15) is 0 Å². The van der Waals surface area contributed by atoms with Gasteiger partial charge in [0.1, 0.15) is 0 Å². The number of hydrogen-bond donors (Lipinski definition) is 0. The Labute approximate surface area is 284 Å². The van der Waals surface area contributed by atoms with Crippen molar-refractivity contribution in [2.45, 2.75) is 182 Å². The molecule has 0 aromatic carbocycles. The van der Waals surface area contributed by atoms with Crippen molar-refractivity contribution in [3.05, 3.63) is 44.6 Å². The second-order valence-electron chi connectivity index (χ2n) is 10.3. The molecule has 4 heteroatoms. The molecule has 0 aliphatic rings. The Morgan fingerprint density at radius 3 is 0.850 bits per heavy atom. The molecule has 0 atom stereocenters. The van der Waals surface area contributed by atoms with Gasteiger partial charge in [-0.25, -0.2) is 16.2 Å². The van der Waals surface area contributed by atoms with E-state index in [4.69, 9.17) is 37.9 Å². The predicted molar refractivity (Wildman–Crippen MR) is 198 cm³/mol. The van der Waals surface area contributed by atoms with E-state index in [0.717, 1.165) is 0 Å². The summed E-state index contributed by atoms with van der Waals surface area (Å²) in [5.74, 6) is 0. The van der Waals surface area contributed by atoms with E-state index in [1.165, 1.54) is 177 Å². The van der Waals surface area contributed by atoms with E-state index in [2.05, 4.69) is 56.1 Å². The van der Waals surface area contributed by atoms with Gasteiger partial charge in [0.2, 0.25) is 0 Å². The van der Waals surface area contributed by atoms with Crippen molar-refractivity contribution in [3.63, 3.8) is 0 Å². The van der Waals surface area contributed by atoms with E-state index >= 15 is 0 Å². The maximum atomic E-state index is 4.69. The van der Waals surface area contributed by atoms with E-state index in [1.807, 2.05) is 0 Å². The molecule has 0 rings (SSSR count). The van der Waals surface area contributed by atoms with E-state index < -0.39 is 0 Å². The van der Waals surface area contributed by atoms with E-state index in [1.54, 1.807) is 16.2 Å². The van der Waals surface area contributed by atoms with Crippen molar-refractivity contribution in [1.29, 1.82) is 0 Å². The molecule has 0 bridgehead atoms. The van der Waals surface area contributed by atoms with Gasteiger partial charge >= 0.3 is 58.9 Å². The van der Waals surface area contributed by atoms with Crippen LogP contribution >= 0.6 is 0 Å². The summed E-state index contributed by atoms with van der Waals surface area (Å²) < 4.78 is 2.20. The van der Waals surface area contributed by atoms with Crippen LogP contribution in [-0.2, 0) is 37.9 Å². The molecule has 0 unspecified atom stereocenters. The Bertz CT molecular complexity index is 429. The zero-order chi connectivity index (χ0) is 30.6. The molecule has 0 nitrogen and oxygen atoms in total. The first-order valence-electron chi connectivity index (χ1n) is 16.8. The summed E-state index contributed by atoms with van der Waals surface area (Å²) in [4.78, 5) is 0. The van der Waals surface area contributed by atoms with Crippen LogP contribution in [0.25, 0.3) is 0 Å². The summed E-state index contributed by atoms with van der Waals surface area (Å²) >= 11 is 15.6. The van der Waals surface area contributed by atoms with Gasteiger partial charge < -0.3 is 37.9 Å². The molecule has 0 saturated carbocycles. The standard InChI is InChI=1S/3C10H20S.C6H11.Sn/c3*1-2-3-4-5-6-7-8-9-10-11;1-3-5-6-4-2;/h3*9-11H,2-8H2,1H3;1,3H,4-6H2,2H3;/q;;;;+3/p-3. The smallest absolute Gasteiger partial charge is 0.0368 e. The van der Waals surface area contributed by atoms with Crippen LogP contribution in [0.1, 0.15) is 182 Å². The second kappa shape index (κ2) is 55.4. The maximum absolute atomic E-state index is 4.69. The van der Waals surface area contributed by atoms with Crippen molar-refractivity contribution >= 4 is 60.4 Å². The van der Waals surface area contributed by atoms with Crippen LogP contribution in [0.2, 0.25) is 0 Å². The van der Waals surface area contributed by atoms with Gasteiger partial charge in [0, 0.05) is 0 Å². The average Bonchev–Trinajstić information content (AvgIpc) is 2.97. The molecule has 0 amide bonds. The van der Waals surface area contributed by atoms with E-state index in [-0.39, 0.29) is 0 Å². The van der Waals surface area contributed by atoms with Gasteiger partial charge in [0.25, 0.3) is 0 Å². The van der Waals surface area contributed by atoms with Gasteiger partial charge in [-0.2, -0.15) is 0 Å². The van der Waals surface area contributed by atoms with Gasteiger partial charge in [-0.15, -0.1) is 18.2 Å². The zero-order valence-corrected chi connectivity index (χ0v) is 32.6. The summed E-state index contributed by atoms with van der Waals surface area (Å²) in [5, 5.41) is 5.18. The molecule has 0 aromatic heterocycles.